The first-order chi connectivity index (χ1) is 14.4. The van der Waals surface area contributed by atoms with E-state index in [4.69, 9.17) is 9.47 Å². The van der Waals surface area contributed by atoms with Gasteiger partial charge < -0.3 is 14.2 Å². The first kappa shape index (κ1) is 22.1. The monoisotopic (exact) mass is 418 g/mol. The molecule has 0 radical (unpaired) electrons. The highest BCUT2D eigenvalue weighted by Gasteiger charge is 2.39. The molecule has 0 heterocycles. The molecule has 162 valence electrons. The number of hydrogen-bond donors (Lipinski definition) is 0. The van der Waals surface area contributed by atoms with Gasteiger partial charge in [0.1, 0.15) is 23.0 Å². The fourth-order valence-corrected chi connectivity index (χ4v) is 3.90. The third kappa shape index (κ3) is 5.49. The van der Waals surface area contributed by atoms with Crippen LogP contribution in [0.1, 0.15) is 43.2 Å². The molecule has 0 N–H and O–H groups in total. The van der Waals surface area contributed by atoms with Crippen molar-refractivity contribution in [2.75, 3.05) is 20.8 Å². The van der Waals surface area contributed by atoms with E-state index in [0.717, 1.165) is 11.3 Å². The maximum atomic E-state index is 15.5. The number of hydrogen-bond acceptors (Lipinski definition) is 4. The Labute approximate surface area is 176 Å². The van der Waals surface area contributed by atoms with Gasteiger partial charge in [-0.05, 0) is 73.9 Å². The van der Waals surface area contributed by atoms with Gasteiger partial charge in [0.15, 0.2) is 0 Å². The van der Waals surface area contributed by atoms with Crippen LogP contribution in [-0.4, -0.2) is 26.8 Å². The SMILES string of the molecule is COC(=O)CCc1cccc(OCC2CCC(F)(c3cc(OC)ccc3F)CC2)c1. The lowest BCUT2D eigenvalue weighted by Gasteiger charge is -2.34. The van der Waals surface area contributed by atoms with Gasteiger partial charge in [0.05, 0.1) is 20.8 Å². The van der Waals surface area contributed by atoms with E-state index in [1.165, 1.54) is 32.4 Å². The van der Waals surface area contributed by atoms with Gasteiger partial charge in [0.2, 0.25) is 0 Å². The van der Waals surface area contributed by atoms with Crippen molar-refractivity contribution in [1.29, 1.82) is 0 Å². The van der Waals surface area contributed by atoms with E-state index in [0.29, 0.717) is 38.0 Å². The molecular weight excluding hydrogens is 390 g/mol. The second kappa shape index (κ2) is 9.92. The fraction of sp³-hybridized carbons (Fsp3) is 0.458. The van der Waals surface area contributed by atoms with Crippen molar-refractivity contribution in [3.63, 3.8) is 0 Å². The zero-order valence-corrected chi connectivity index (χ0v) is 17.5. The van der Waals surface area contributed by atoms with Crippen LogP contribution in [0.4, 0.5) is 8.78 Å². The number of halogens is 2. The van der Waals surface area contributed by atoms with Gasteiger partial charge >= 0.3 is 5.97 Å². The molecule has 1 fully saturated rings. The molecule has 3 rings (SSSR count). The van der Waals surface area contributed by atoms with Gasteiger partial charge in [0.25, 0.3) is 0 Å². The van der Waals surface area contributed by atoms with Crippen molar-refractivity contribution >= 4 is 5.97 Å². The Hall–Kier alpha value is -2.63. The van der Waals surface area contributed by atoms with E-state index >= 15 is 4.39 Å². The molecular formula is C24H28F2O4. The zero-order valence-electron chi connectivity index (χ0n) is 17.5. The Morgan fingerprint density at radius 1 is 1.10 bits per heavy atom. The van der Waals surface area contributed by atoms with Crippen LogP contribution < -0.4 is 9.47 Å². The smallest absolute Gasteiger partial charge is 0.305 e. The van der Waals surface area contributed by atoms with Crippen molar-refractivity contribution in [1.82, 2.24) is 0 Å². The molecule has 0 aliphatic heterocycles. The van der Waals surface area contributed by atoms with Crippen LogP contribution in [-0.2, 0) is 21.6 Å². The van der Waals surface area contributed by atoms with Gasteiger partial charge in [-0.1, -0.05) is 12.1 Å². The van der Waals surface area contributed by atoms with Gasteiger partial charge in [0, 0.05) is 12.0 Å². The number of ether oxygens (including phenoxy) is 3. The largest absolute Gasteiger partial charge is 0.497 e. The topological polar surface area (TPSA) is 44.8 Å². The van der Waals surface area contributed by atoms with Crippen LogP contribution in [0.5, 0.6) is 11.5 Å². The van der Waals surface area contributed by atoms with Crippen LogP contribution in [0, 0.1) is 11.7 Å². The lowest BCUT2D eigenvalue weighted by Crippen LogP contribution is -2.30. The number of methoxy groups -OCH3 is 2. The average molecular weight is 418 g/mol. The maximum absolute atomic E-state index is 15.5. The van der Waals surface area contributed by atoms with E-state index < -0.39 is 11.5 Å². The second-order valence-corrected chi connectivity index (χ2v) is 7.79. The molecule has 6 heteroatoms. The standard InChI is InChI=1S/C24H28F2O4/c1-28-19-7-8-22(25)21(15-19)24(26)12-10-18(11-13-24)16-30-20-5-3-4-17(14-20)6-9-23(27)29-2/h3-5,7-8,14-15,18H,6,9-13,16H2,1-2H3. The number of esters is 1. The van der Waals surface area contributed by atoms with E-state index in [-0.39, 0.29) is 30.3 Å². The van der Waals surface area contributed by atoms with Gasteiger partial charge in [-0.3, -0.25) is 4.79 Å². The highest BCUT2D eigenvalue weighted by atomic mass is 19.1. The van der Waals surface area contributed by atoms with E-state index in [9.17, 15) is 9.18 Å². The van der Waals surface area contributed by atoms with Crippen molar-refractivity contribution in [3.8, 4) is 11.5 Å². The summed E-state index contributed by atoms with van der Waals surface area (Å²) in [5.41, 5.74) is -0.597. The first-order valence-electron chi connectivity index (χ1n) is 10.2. The number of carbonyl (C=O) groups excluding carboxylic acids is 1. The minimum Gasteiger partial charge on any atom is -0.497 e. The molecule has 1 aliphatic rings. The van der Waals surface area contributed by atoms with Crippen LogP contribution in [0.25, 0.3) is 0 Å². The Balaban J connectivity index is 1.53. The highest BCUT2D eigenvalue weighted by Crippen LogP contribution is 2.44. The molecule has 2 aromatic rings. The third-order valence-corrected chi connectivity index (χ3v) is 5.78. The van der Waals surface area contributed by atoms with E-state index in [1.54, 1.807) is 0 Å². The Kier molecular flexibility index (Phi) is 7.29. The van der Waals surface area contributed by atoms with Gasteiger partial charge in [-0.15, -0.1) is 0 Å². The lowest BCUT2D eigenvalue weighted by molar-refractivity contribution is -0.140. The number of carbonyl (C=O) groups is 1. The number of aryl methyl sites for hydroxylation is 1. The quantitative estimate of drug-likeness (QED) is 0.541. The molecule has 0 atom stereocenters. The predicted octanol–water partition coefficient (Wildman–Crippen LogP) is 5.37. The summed E-state index contributed by atoms with van der Waals surface area (Å²) in [6.07, 6.45) is 2.66. The summed E-state index contributed by atoms with van der Waals surface area (Å²) >= 11 is 0. The third-order valence-electron chi connectivity index (χ3n) is 5.78. The zero-order chi connectivity index (χ0) is 21.6. The van der Waals surface area contributed by atoms with Crippen molar-refractivity contribution in [2.45, 2.75) is 44.2 Å². The van der Waals surface area contributed by atoms with Crippen LogP contribution in [0.15, 0.2) is 42.5 Å². The summed E-state index contributed by atoms with van der Waals surface area (Å²) < 4.78 is 45.4. The van der Waals surface area contributed by atoms with Crippen molar-refractivity contribution in [3.05, 3.63) is 59.4 Å². The minimum atomic E-state index is -1.68. The Morgan fingerprint density at radius 2 is 1.87 bits per heavy atom. The molecule has 2 aromatic carbocycles. The Morgan fingerprint density at radius 3 is 2.57 bits per heavy atom. The van der Waals surface area contributed by atoms with Gasteiger partial charge in [-0.25, -0.2) is 8.78 Å². The summed E-state index contributed by atoms with van der Waals surface area (Å²) in [4.78, 5) is 11.3. The Bertz CT molecular complexity index is 860. The summed E-state index contributed by atoms with van der Waals surface area (Å²) in [5, 5.41) is 0. The molecule has 0 unspecified atom stereocenters. The number of benzene rings is 2. The van der Waals surface area contributed by atoms with Crippen molar-refractivity contribution < 1.29 is 27.8 Å². The van der Waals surface area contributed by atoms with Crippen LogP contribution in [0.3, 0.4) is 0 Å². The summed E-state index contributed by atoms with van der Waals surface area (Å²) in [5.74, 6) is 0.623. The first-order valence-corrected chi connectivity index (χ1v) is 10.2. The fourth-order valence-electron chi connectivity index (χ4n) is 3.90. The number of alkyl halides is 1. The van der Waals surface area contributed by atoms with E-state index in [1.807, 2.05) is 24.3 Å². The molecule has 1 aliphatic carbocycles. The average Bonchev–Trinajstić information content (AvgIpc) is 2.77. The van der Waals surface area contributed by atoms with Crippen molar-refractivity contribution in [2.24, 2.45) is 5.92 Å². The summed E-state index contributed by atoms with van der Waals surface area (Å²) in [6.45, 7) is 0.483. The number of rotatable bonds is 8. The minimum absolute atomic E-state index is 0.0829. The highest BCUT2D eigenvalue weighted by molar-refractivity contribution is 5.69. The molecule has 30 heavy (non-hydrogen) atoms. The maximum Gasteiger partial charge on any atom is 0.305 e. The molecule has 0 bridgehead atoms. The second-order valence-electron chi connectivity index (χ2n) is 7.79. The molecule has 1 saturated carbocycles. The molecule has 0 amide bonds. The molecule has 0 aromatic heterocycles. The lowest BCUT2D eigenvalue weighted by atomic mass is 9.76. The summed E-state index contributed by atoms with van der Waals surface area (Å²) in [6, 6.07) is 11.8. The van der Waals surface area contributed by atoms with E-state index in [2.05, 4.69) is 4.74 Å². The normalized spacial score (nSPS) is 21.1. The molecule has 0 saturated heterocycles. The molecule has 4 nitrogen and oxygen atoms in total. The summed E-state index contributed by atoms with van der Waals surface area (Å²) in [7, 11) is 2.86. The van der Waals surface area contributed by atoms with Gasteiger partial charge in [-0.2, -0.15) is 0 Å². The van der Waals surface area contributed by atoms with Crippen LogP contribution in [0.2, 0.25) is 0 Å². The molecule has 0 spiro atoms. The predicted molar refractivity (Wildman–Crippen MR) is 110 cm³/mol. The van der Waals surface area contributed by atoms with Crippen LogP contribution >= 0.6 is 0 Å².